The fourth-order valence-corrected chi connectivity index (χ4v) is 2.32. The van der Waals surface area contributed by atoms with Crippen LogP contribution in [-0.2, 0) is 0 Å². The van der Waals surface area contributed by atoms with Crippen molar-refractivity contribution in [3.05, 3.63) is 28.8 Å². The number of phenols is 1. The third-order valence-electron chi connectivity index (χ3n) is 3.27. The third-order valence-corrected chi connectivity index (χ3v) is 3.27. The predicted molar refractivity (Wildman–Crippen MR) is 62.2 cm³/mol. The first-order valence-corrected chi connectivity index (χ1v) is 5.72. The molecule has 1 atom stereocenters. The lowest BCUT2D eigenvalue weighted by Gasteiger charge is -2.25. The lowest BCUT2D eigenvalue weighted by Crippen LogP contribution is -2.27. The van der Waals surface area contributed by atoms with Gasteiger partial charge in [-0.3, -0.25) is 0 Å². The van der Waals surface area contributed by atoms with E-state index in [2.05, 4.69) is 18.3 Å². The van der Waals surface area contributed by atoms with Crippen molar-refractivity contribution in [2.24, 2.45) is 0 Å². The first-order chi connectivity index (χ1) is 7.18. The van der Waals surface area contributed by atoms with Gasteiger partial charge in [0.1, 0.15) is 5.75 Å². The summed E-state index contributed by atoms with van der Waals surface area (Å²) in [7, 11) is 0. The minimum Gasteiger partial charge on any atom is -0.508 e. The Bertz CT molecular complexity index is 354. The normalized spacial score (nSPS) is 21.6. The molecule has 1 heterocycles. The molecule has 0 aliphatic carbocycles. The molecule has 0 radical (unpaired) electrons. The fourth-order valence-electron chi connectivity index (χ4n) is 2.32. The van der Waals surface area contributed by atoms with Crippen LogP contribution in [0.2, 0.25) is 0 Å². The first kappa shape index (κ1) is 10.5. The molecule has 1 saturated heterocycles. The average Bonchev–Trinajstić information content (AvgIpc) is 2.25. The van der Waals surface area contributed by atoms with E-state index < -0.39 is 0 Å². The molecule has 1 aromatic rings. The molecule has 0 saturated carbocycles. The van der Waals surface area contributed by atoms with Crippen molar-refractivity contribution in [1.82, 2.24) is 5.32 Å². The SMILES string of the molecule is Cc1cc(C2CCCCN2)c(C)cc1O. The second kappa shape index (κ2) is 4.23. The molecule has 1 aliphatic rings. The van der Waals surface area contributed by atoms with Crippen LogP contribution in [0.5, 0.6) is 5.75 Å². The van der Waals surface area contributed by atoms with E-state index in [1.807, 2.05) is 13.0 Å². The van der Waals surface area contributed by atoms with Crippen LogP contribution in [0.25, 0.3) is 0 Å². The standard InChI is InChI=1S/C13H19NO/c1-9-8-13(15)10(2)7-11(9)12-5-3-4-6-14-12/h7-8,12,14-15H,3-6H2,1-2H3. The fraction of sp³-hybridized carbons (Fsp3) is 0.538. The Morgan fingerprint density at radius 2 is 2.00 bits per heavy atom. The maximum atomic E-state index is 9.60. The third kappa shape index (κ3) is 2.15. The second-order valence-corrected chi connectivity index (χ2v) is 4.50. The van der Waals surface area contributed by atoms with Crippen molar-refractivity contribution in [3.63, 3.8) is 0 Å². The van der Waals surface area contributed by atoms with E-state index in [0.29, 0.717) is 11.8 Å². The molecule has 1 aliphatic heterocycles. The Morgan fingerprint density at radius 3 is 2.67 bits per heavy atom. The van der Waals surface area contributed by atoms with Crippen LogP contribution in [0.15, 0.2) is 12.1 Å². The first-order valence-electron chi connectivity index (χ1n) is 5.72. The van der Waals surface area contributed by atoms with E-state index in [9.17, 15) is 5.11 Å². The van der Waals surface area contributed by atoms with Gasteiger partial charge in [-0.15, -0.1) is 0 Å². The Kier molecular flexibility index (Phi) is 2.96. The Morgan fingerprint density at radius 1 is 1.20 bits per heavy atom. The van der Waals surface area contributed by atoms with Gasteiger partial charge in [0.25, 0.3) is 0 Å². The summed E-state index contributed by atoms with van der Waals surface area (Å²) in [5.74, 6) is 0.409. The highest BCUT2D eigenvalue weighted by atomic mass is 16.3. The van der Waals surface area contributed by atoms with Gasteiger partial charge in [0.15, 0.2) is 0 Å². The highest BCUT2D eigenvalue weighted by molar-refractivity contribution is 5.42. The minimum absolute atomic E-state index is 0.409. The number of aromatic hydroxyl groups is 1. The van der Waals surface area contributed by atoms with Crippen LogP contribution in [-0.4, -0.2) is 11.7 Å². The number of nitrogens with one attached hydrogen (secondary N) is 1. The molecule has 2 nitrogen and oxygen atoms in total. The summed E-state index contributed by atoms with van der Waals surface area (Å²) in [5.41, 5.74) is 3.52. The highest BCUT2D eigenvalue weighted by Gasteiger charge is 2.17. The maximum absolute atomic E-state index is 9.60. The molecular weight excluding hydrogens is 186 g/mol. The number of hydrogen-bond acceptors (Lipinski definition) is 2. The molecule has 0 aromatic heterocycles. The van der Waals surface area contributed by atoms with Crippen LogP contribution in [0.3, 0.4) is 0 Å². The number of benzene rings is 1. The molecule has 82 valence electrons. The van der Waals surface area contributed by atoms with Crippen molar-refractivity contribution < 1.29 is 5.11 Å². The molecule has 0 amide bonds. The molecule has 2 heteroatoms. The Hall–Kier alpha value is -1.02. The summed E-state index contributed by atoms with van der Waals surface area (Å²) in [6, 6.07) is 4.48. The van der Waals surface area contributed by atoms with Crippen LogP contribution in [0.1, 0.15) is 42.0 Å². The number of aryl methyl sites for hydroxylation is 2. The Labute approximate surface area is 91.3 Å². The van der Waals surface area contributed by atoms with E-state index >= 15 is 0 Å². The maximum Gasteiger partial charge on any atom is 0.118 e. The molecule has 1 unspecified atom stereocenters. The minimum atomic E-state index is 0.409. The summed E-state index contributed by atoms with van der Waals surface area (Å²) < 4.78 is 0. The molecule has 2 N–H and O–H groups in total. The van der Waals surface area contributed by atoms with Gasteiger partial charge in [-0.2, -0.15) is 0 Å². The molecule has 1 fully saturated rings. The largest absolute Gasteiger partial charge is 0.508 e. The summed E-state index contributed by atoms with van der Waals surface area (Å²) in [5, 5.41) is 13.1. The summed E-state index contributed by atoms with van der Waals surface area (Å²) in [4.78, 5) is 0. The molecule has 15 heavy (non-hydrogen) atoms. The van der Waals surface area contributed by atoms with Gasteiger partial charge >= 0.3 is 0 Å². The lowest BCUT2D eigenvalue weighted by molar-refractivity contribution is 0.409. The van der Waals surface area contributed by atoms with E-state index in [0.717, 1.165) is 12.1 Å². The van der Waals surface area contributed by atoms with Crippen molar-refractivity contribution in [2.45, 2.75) is 39.2 Å². The quantitative estimate of drug-likeness (QED) is 0.739. The van der Waals surface area contributed by atoms with Crippen molar-refractivity contribution in [1.29, 1.82) is 0 Å². The van der Waals surface area contributed by atoms with Crippen LogP contribution in [0, 0.1) is 13.8 Å². The number of phenolic OH excluding ortho intramolecular Hbond substituents is 1. The van der Waals surface area contributed by atoms with Gasteiger partial charge in [0.05, 0.1) is 0 Å². The van der Waals surface area contributed by atoms with E-state index in [-0.39, 0.29) is 0 Å². The molecule has 0 spiro atoms. The predicted octanol–water partition coefficient (Wildman–Crippen LogP) is 2.82. The zero-order valence-electron chi connectivity index (χ0n) is 9.51. The van der Waals surface area contributed by atoms with Crippen molar-refractivity contribution in [3.8, 4) is 5.75 Å². The van der Waals surface area contributed by atoms with Gasteiger partial charge in [0, 0.05) is 6.04 Å². The molecular formula is C13H19NO. The monoisotopic (exact) mass is 205 g/mol. The smallest absolute Gasteiger partial charge is 0.118 e. The molecule has 2 rings (SSSR count). The highest BCUT2D eigenvalue weighted by Crippen LogP contribution is 2.29. The van der Waals surface area contributed by atoms with Crippen LogP contribution in [0.4, 0.5) is 0 Å². The van der Waals surface area contributed by atoms with E-state index in [1.165, 1.54) is 30.4 Å². The number of hydrogen-bond donors (Lipinski definition) is 2. The Balaban J connectivity index is 2.30. The van der Waals surface area contributed by atoms with Crippen LogP contribution >= 0.6 is 0 Å². The van der Waals surface area contributed by atoms with Gasteiger partial charge in [-0.1, -0.05) is 12.5 Å². The van der Waals surface area contributed by atoms with Gasteiger partial charge in [-0.25, -0.2) is 0 Å². The zero-order valence-corrected chi connectivity index (χ0v) is 9.51. The van der Waals surface area contributed by atoms with Crippen molar-refractivity contribution >= 4 is 0 Å². The number of piperidine rings is 1. The lowest BCUT2D eigenvalue weighted by atomic mass is 9.92. The van der Waals surface area contributed by atoms with Gasteiger partial charge in [-0.05, 0) is 56.0 Å². The topological polar surface area (TPSA) is 32.3 Å². The van der Waals surface area contributed by atoms with Gasteiger partial charge in [0.2, 0.25) is 0 Å². The summed E-state index contributed by atoms with van der Waals surface area (Å²) in [6.07, 6.45) is 3.80. The van der Waals surface area contributed by atoms with Crippen molar-refractivity contribution in [2.75, 3.05) is 6.54 Å². The van der Waals surface area contributed by atoms with E-state index in [4.69, 9.17) is 0 Å². The second-order valence-electron chi connectivity index (χ2n) is 4.50. The van der Waals surface area contributed by atoms with Gasteiger partial charge < -0.3 is 10.4 Å². The summed E-state index contributed by atoms with van der Waals surface area (Å²) >= 11 is 0. The molecule has 1 aromatic carbocycles. The molecule has 0 bridgehead atoms. The van der Waals surface area contributed by atoms with E-state index in [1.54, 1.807) is 0 Å². The average molecular weight is 205 g/mol. The summed E-state index contributed by atoms with van der Waals surface area (Å²) in [6.45, 7) is 5.15. The van der Waals surface area contributed by atoms with Crippen LogP contribution < -0.4 is 5.32 Å². The zero-order chi connectivity index (χ0) is 10.8. The number of rotatable bonds is 1.